The second-order valence-electron chi connectivity index (χ2n) is 6.07. The van der Waals surface area contributed by atoms with Gasteiger partial charge in [0.1, 0.15) is 0 Å². The van der Waals surface area contributed by atoms with Gasteiger partial charge in [-0.2, -0.15) is 13.2 Å². The molecule has 0 aliphatic heterocycles. The van der Waals surface area contributed by atoms with Gasteiger partial charge in [-0.3, -0.25) is 9.69 Å². The Morgan fingerprint density at radius 1 is 1.17 bits per heavy atom. The molecule has 0 radical (unpaired) electrons. The smallest absolute Gasteiger partial charge is 0.418 e. The van der Waals surface area contributed by atoms with Gasteiger partial charge in [-0.05, 0) is 39.3 Å². The Bertz CT molecular complexity index is 594. The van der Waals surface area contributed by atoms with Crippen molar-refractivity contribution in [3.8, 4) is 0 Å². The lowest BCUT2D eigenvalue weighted by Crippen LogP contribution is -2.61. The molecule has 0 aliphatic carbocycles. The highest BCUT2D eigenvalue weighted by Crippen LogP contribution is 2.31. The molecule has 1 unspecified atom stereocenters. The quantitative estimate of drug-likeness (QED) is 0.888. The van der Waals surface area contributed by atoms with Crippen molar-refractivity contribution in [3.05, 3.63) is 29.8 Å². The Labute approximate surface area is 132 Å². The van der Waals surface area contributed by atoms with E-state index in [1.54, 1.807) is 25.1 Å². The van der Waals surface area contributed by atoms with Crippen LogP contribution in [0.2, 0.25) is 0 Å². The van der Waals surface area contributed by atoms with Crippen molar-refractivity contribution < 1.29 is 27.9 Å². The molecule has 0 bridgehead atoms. The Hall–Kier alpha value is -2.25. The summed E-state index contributed by atoms with van der Waals surface area (Å²) in [7, 11) is 0. The number of nitrogens with zero attached hydrogens (tertiary/aromatic N) is 1. The minimum atomic E-state index is -5.04. The fourth-order valence-electron chi connectivity index (χ4n) is 2.11. The first-order valence-corrected chi connectivity index (χ1v) is 6.81. The first kappa shape index (κ1) is 18.8. The minimum Gasteiger partial charge on any atom is -0.465 e. The third-order valence-electron chi connectivity index (χ3n) is 3.15. The second-order valence-corrected chi connectivity index (χ2v) is 6.07. The average Bonchev–Trinajstić information content (AvgIpc) is 2.35. The van der Waals surface area contributed by atoms with Gasteiger partial charge in [0.05, 0.1) is 0 Å². The highest BCUT2D eigenvalue weighted by molar-refractivity contribution is 5.97. The summed E-state index contributed by atoms with van der Waals surface area (Å²) in [4.78, 5) is 23.6. The monoisotopic (exact) mass is 332 g/mol. The zero-order chi connectivity index (χ0) is 18.0. The summed E-state index contributed by atoms with van der Waals surface area (Å²) < 4.78 is 40.0. The predicted molar refractivity (Wildman–Crippen MR) is 79.3 cm³/mol. The molecule has 0 aliphatic rings. The van der Waals surface area contributed by atoms with E-state index in [0.717, 1.165) is 0 Å². The molecule has 0 heterocycles. The van der Waals surface area contributed by atoms with E-state index in [1.165, 1.54) is 26.8 Å². The maximum absolute atomic E-state index is 13.3. The number of carboxylic acid groups (broad SMARTS) is 1. The summed E-state index contributed by atoms with van der Waals surface area (Å²) in [6.07, 6.45) is -6.86. The van der Waals surface area contributed by atoms with Crippen LogP contribution in [0, 0.1) is 6.92 Å². The maximum atomic E-state index is 13.3. The Balaban J connectivity index is 3.24. The molecule has 2 N–H and O–H groups in total. The number of amides is 2. The van der Waals surface area contributed by atoms with Crippen LogP contribution in [0.1, 0.15) is 26.3 Å². The fraction of sp³-hybridized carbons (Fsp3) is 0.467. The fourth-order valence-corrected chi connectivity index (χ4v) is 2.11. The molecular formula is C15H19F3N2O3. The van der Waals surface area contributed by atoms with Gasteiger partial charge in [0, 0.05) is 11.2 Å². The molecule has 0 saturated carbocycles. The Morgan fingerprint density at radius 2 is 1.70 bits per heavy atom. The number of carbonyl (C=O) groups excluding carboxylic acids is 1. The molecular weight excluding hydrogens is 313 g/mol. The minimum absolute atomic E-state index is 0.112. The SMILES string of the molecule is Cc1ccccc1NC(=O)C(N(C(=O)O)C(C)(C)C)C(F)(F)F. The van der Waals surface area contributed by atoms with Crippen LogP contribution < -0.4 is 5.32 Å². The number of anilines is 1. The average molecular weight is 332 g/mol. The Morgan fingerprint density at radius 3 is 2.09 bits per heavy atom. The summed E-state index contributed by atoms with van der Waals surface area (Å²) in [5, 5.41) is 11.3. The number of rotatable bonds is 3. The largest absolute Gasteiger partial charge is 0.465 e. The van der Waals surface area contributed by atoms with Crippen LogP contribution in [0.15, 0.2) is 24.3 Å². The van der Waals surface area contributed by atoms with Crippen LogP contribution in [0.3, 0.4) is 0 Å². The molecule has 2 amide bonds. The van der Waals surface area contributed by atoms with Gasteiger partial charge in [0.2, 0.25) is 6.04 Å². The van der Waals surface area contributed by atoms with E-state index in [9.17, 15) is 22.8 Å². The van der Waals surface area contributed by atoms with Crippen LogP contribution in [-0.2, 0) is 4.79 Å². The molecule has 0 spiro atoms. The van der Waals surface area contributed by atoms with Gasteiger partial charge in [0.25, 0.3) is 5.91 Å². The molecule has 128 valence electrons. The van der Waals surface area contributed by atoms with Gasteiger partial charge in [-0.25, -0.2) is 4.79 Å². The van der Waals surface area contributed by atoms with E-state index in [-0.39, 0.29) is 10.6 Å². The molecule has 23 heavy (non-hydrogen) atoms. The number of hydrogen-bond donors (Lipinski definition) is 2. The van der Waals surface area contributed by atoms with Crippen molar-refractivity contribution in [2.24, 2.45) is 0 Å². The number of aryl methyl sites for hydroxylation is 1. The summed E-state index contributed by atoms with van der Waals surface area (Å²) in [5.74, 6) is -1.44. The normalized spacial score (nSPS) is 13.3. The summed E-state index contributed by atoms with van der Waals surface area (Å²) in [5.41, 5.74) is -0.639. The molecule has 0 saturated heterocycles. The number of halogens is 3. The zero-order valence-electron chi connectivity index (χ0n) is 13.2. The maximum Gasteiger partial charge on any atom is 0.418 e. The topological polar surface area (TPSA) is 69.6 Å². The van der Waals surface area contributed by atoms with Crippen molar-refractivity contribution in [2.45, 2.75) is 45.5 Å². The van der Waals surface area contributed by atoms with E-state index < -0.39 is 29.8 Å². The van der Waals surface area contributed by atoms with Crippen LogP contribution in [0.25, 0.3) is 0 Å². The van der Waals surface area contributed by atoms with E-state index in [1.807, 2.05) is 0 Å². The third kappa shape index (κ3) is 4.61. The lowest BCUT2D eigenvalue weighted by molar-refractivity contribution is -0.190. The van der Waals surface area contributed by atoms with Crippen molar-refractivity contribution in [3.63, 3.8) is 0 Å². The third-order valence-corrected chi connectivity index (χ3v) is 3.15. The molecule has 5 nitrogen and oxygen atoms in total. The van der Waals surface area contributed by atoms with E-state index in [0.29, 0.717) is 5.56 Å². The zero-order valence-corrected chi connectivity index (χ0v) is 13.2. The van der Waals surface area contributed by atoms with Gasteiger partial charge < -0.3 is 10.4 Å². The number of hydrogen-bond acceptors (Lipinski definition) is 2. The van der Waals surface area contributed by atoms with Gasteiger partial charge >= 0.3 is 12.3 Å². The van der Waals surface area contributed by atoms with Crippen molar-refractivity contribution in [1.29, 1.82) is 0 Å². The molecule has 0 fully saturated rings. The van der Waals surface area contributed by atoms with Crippen LogP contribution >= 0.6 is 0 Å². The molecule has 1 rings (SSSR count). The van der Waals surface area contributed by atoms with Gasteiger partial charge in [-0.15, -0.1) is 0 Å². The summed E-state index contributed by atoms with van der Waals surface area (Å²) >= 11 is 0. The first-order valence-electron chi connectivity index (χ1n) is 6.81. The van der Waals surface area contributed by atoms with E-state index in [4.69, 9.17) is 5.11 Å². The first-order chi connectivity index (χ1) is 10.4. The van der Waals surface area contributed by atoms with Crippen LogP contribution in [-0.4, -0.2) is 39.8 Å². The van der Waals surface area contributed by atoms with Crippen molar-refractivity contribution in [2.75, 3.05) is 5.32 Å². The van der Waals surface area contributed by atoms with Crippen LogP contribution in [0.5, 0.6) is 0 Å². The standard InChI is InChI=1S/C15H19F3N2O3/c1-9-7-5-6-8-10(9)19-12(21)11(15(16,17)18)20(13(22)23)14(2,3)4/h5-8,11H,1-4H3,(H,19,21)(H,22,23). The van der Waals surface area contributed by atoms with Gasteiger partial charge in [-0.1, -0.05) is 18.2 Å². The lowest BCUT2D eigenvalue weighted by Gasteiger charge is -2.39. The predicted octanol–water partition coefficient (Wildman–Crippen LogP) is 3.64. The van der Waals surface area contributed by atoms with Crippen molar-refractivity contribution >= 4 is 17.7 Å². The molecule has 1 aromatic carbocycles. The molecule has 1 atom stereocenters. The number of carbonyl (C=O) groups is 2. The number of nitrogens with one attached hydrogen (secondary N) is 1. The number of para-hydroxylation sites is 1. The lowest BCUT2D eigenvalue weighted by atomic mass is 10.0. The number of benzene rings is 1. The van der Waals surface area contributed by atoms with Gasteiger partial charge in [0.15, 0.2) is 0 Å². The number of alkyl halides is 3. The molecule has 0 aromatic heterocycles. The highest BCUT2D eigenvalue weighted by Gasteiger charge is 2.53. The highest BCUT2D eigenvalue weighted by atomic mass is 19.4. The van der Waals surface area contributed by atoms with Crippen molar-refractivity contribution in [1.82, 2.24) is 4.90 Å². The van der Waals surface area contributed by atoms with E-state index in [2.05, 4.69) is 5.32 Å². The second kappa shape index (κ2) is 6.47. The summed E-state index contributed by atoms with van der Waals surface area (Å²) in [6.45, 7) is 5.50. The summed E-state index contributed by atoms with van der Waals surface area (Å²) in [6, 6.07) is 3.49. The Kier molecular flexibility index (Phi) is 5.29. The van der Waals surface area contributed by atoms with Crippen LogP contribution in [0.4, 0.5) is 23.7 Å². The van der Waals surface area contributed by atoms with E-state index >= 15 is 0 Å². The molecule has 8 heteroatoms. The molecule has 1 aromatic rings.